The van der Waals surface area contributed by atoms with E-state index in [0.29, 0.717) is 17.7 Å². The summed E-state index contributed by atoms with van der Waals surface area (Å²) < 4.78 is 46.0. The van der Waals surface area contributed by atoms with Crippen molar-refractivity contribution in [3.8, 4) is 0 Å². The monoisotopic (exact) mass is 591 g/mol. The third-order valence-corrected chi connectivity index (χ3v) is 8.31. The first-order valence-electron chi connectivity index (χ1n) is 13.7. The van der Waals surface area contributed by atoms with Gasteiger partial charge in [-0.1, -0.05) is 61.5 Å². The van der Waals surface area contributed by atoms with Gasteiger partial charge in [-0.15, -0.1) is 0 Å². The number of nitrogens with zero attached hydrogens (tertiary/aromatic N) is 1. The van der Waals surface area contributed by atoms with E-state index in [4.69, 9.17) is 4.42 Å². The van der Waals surface area contributed by atoms with Gasteiger partial charge in [-0.2, -0.15) is 0 Å². The predicted molar refractivity (Wildman–Crippen MR) is 157 cm³/mol. The second kappa shape index (κ2) is 14.6. The lowest BCUT2D eigenvalue weighted by Gasteiger charge is -2.31. The van der Waals surface area contributed by atoms with Crippen LogP contribution in [0.25, 0.3) is 0 Å². The zero-order valence-electron chi connectivity index (χ0n) is 23.3. The highest BCUT2D eigenvalue weighted by Crippen LogP contribution is 2.18. The molecule has 0 fully saturated rings. The van der Waals surface area contributed by atoms with Crippen LogP contribution >= 0.6 is 0 Å². The molecule has 0 saturated heterocycles. The van der Waals surface area contributed by atoms with Crippen molar-refractivity contribution >= 4 is 21.8 Å². The summed E-state index contributed by atoms with van der Waals surface area (Å²) in [6, 6.07) is 24.3. The molecule has 8 nitrogen and oxygen atoms in total. The molecule has 1 heterocycles. The van der Waals surface area contributed by atoms with E-state index >= 15 is 0 Å². The molecule has 1 atom stereocenters. The van der Waals surface area contributed by atoms with Gasteiger partial charge in [-0.05, 0) is 59.5 Å². The smallest absolute Gasteiger partial charge is 0.243 e. The SMILES string of the molecule is CCNS(=O)(=O)c1ccc(CCC(=O)N(Cc2ccc(F)cc2)[C@@H](Cc2ccccc2)C(=O)NCc2ccco2)cc1. The molecule has 2 amide bonds. The van der Waals surface area contributed by atoms with E-state index in [1.807, 2.05) is 30.3 Å². The van der Waals surface area contributed by atoms with Gasteiger partial charge in [0.15, 0.2) is 0 Å². The Morgan fingerprint density at radius 2 is 1.57 bits per heavy atom. The van der Waals surface area contributed by atoms with E-state index < -0.39 is 21.9 Å². The first-order valence-corrected chi connectivity index (χ1v) is 15.2. The van der Waals surface area contributed by atoms with E-state index in [0.717, 1.165) is 11.1 Å². The topological polar surface area (TPSA) is 109 Å². The van der Waals surface area contributed by atoms with Crippen LogP contribution < -0.4 is 10.0 Å². The molecule has 0 bridgehead atoms. The van der Waals surface area contributed by atoms with Crippen LogP contribution in [0.2, 0.25) is 0 Å². The molecule has 4 aromatic rings. The highest BCUT2D eigenvalue weighted by atomic mass is 32.2. The molecule has 0 radical (unpaired) electrons. The Balaban J connectivity index is 1.57. The summed E-state index contributed by atoms with van der Waals surface area (Å²) in [5.74, 6) is -0.424. The summed E-state index contributed by atoms with van der Waals surface area (Å²) in [5, 5.41) is 2.89. The molecule has 0 aliphatic carbocycles. The second-order valence-corrected chi connectivity index (χ2v) is 11.6. The van der Waals surface area contributed by atoms with Crippen molar-refractivity contribution in [1.82, 2.24) is 14.9 Å². The first-order chi connectivity index (χ1) is 20.2. The Morgan fingerprint density at radius 3 is 2.21 bits per heavy atom. The van der Waals surface area contributed by atoms with Gasteiger partial charge < -0.3 is 14.6 Å². The number of benzene rings is 3. The van der Waals surface area contributed by atoms with Crippen LogP contribution in [0.15, 0.2) is 107 Å². The third kappa shape index (κ3) is 8.61. The van der Waals surface area contributed by atoms with Gasteiger partial charge in [0, 0.05) is 25.9 Å². The summed E-state index contributed by atoms with van der Waals surface area (Å²) in [4.78, 5) is 29.1. The van der Waals surface area contributed by atoms with Gasteiger partial charge in [-0.25, -0.2) is 17.5 Å². The quantitative estimate of drug-likeness (QED) is 0.223. The summed E-state index contributed by atoms with van der Waals surface area (Å²) >= 11 is 0. The molecule has 0 aliphatic rings. The summed E-state index contributed by atoms with van der Waals surface area (Å²) in [5.41, 5.74) is 2.34. The maximum absolute atomic E-state index is 13.8. The van der Waals surface area contributed by atoms with Gasteiger partial charge in [0.05, 0.1) is 17.7 Å². The number of sulfonamides is 1. The summed E-state index contributed by atoms with van der Waals surface area (Å²) in [6.45, 7) is 2.25. The van der Waals surface area contributed by atoms with Gasteiger partial charge in [0.2, 0.25) is 21.8 Å². The maximum atomic E-state index is 13.8. The van der Waals surface area contributed by atoms with Gasteiger partial charge in [0.1, 0.15) is 17.6 Å². The Kier molecular flexibility index (Phi) is 10.6. The fourth-order valence-corrected chi connectivity index (χ4v) is 5.59. The first kappa shape index (κ1) is 30.7. The summed E-state index contributed by atoms with van der Waals surface area (Å²) in [7, 11) is -3.58. The van der Waals surface area contributed by atoms with Crippen LogP contribution in [0.5, 0.6) is 0 Å². The molecule has 4 rings (SSSR count). The van der Waals surface area contributed by atoms with Crippen molar-refractivity contribution in [2.24, 2.45) is 0 Å². The predicted octanol–water partition coefficient (Wildman–Crippen LogP) is 4.61. The molecule has 3 aromatic carbocycles. The zero-order valence-corrected chi connectivity index (χ0v) is 24.1. The lowest BCUT2D eigenvalue weighted by molar-refractivity contribution is -0.141. The minimum absolute atomic E-state index is 0.0806. The number of carbonyl (C=O) groups excluding carboxylic acids is 2. The standard InChI is InChI=1S/C32H34FN3O5S/c1-2-35-42(39,40)29-17-12-24(13-18-29)14-19-31(37)36(23-26-10-15-27(33)16-11-26)30(21-25-7-4-3-5-8-25)32(38)34-22-28-9-6-20-41-28/h3-13,15-18,20,30,35H,2,14,19,21-23H2,1H3,(H,34,38)/t30-/m0/s1. The van der Waals surface area contributed by atoms with E-state index in [1.165, 1.54) is 35.4 Å². The van der Waals surface area contributed by atoms with Crippen molar-refractivity contribution < 1.29 is 26.8 Å². The summed E-state index contributed by atoms with van der Waals surface area (Å²) in [6.07, 6.45) is 2.22. The number of hydrogen-bond acceptors (Lipinski definition) is 5. The van der Waals surface area contributed by atoms with Crippen molar-refractivity contribution in [3.63, 3.8) is 0 Å². The molecule has 42 heavy (non-hydrogen) atoms. The van der Waals surface area contributed by atoms with Crippen molar-refractivity contribution in [1.29, 1.82) is 0 Å². The fraction of sp³-hybridized carbons (Fsp3) is 0.250. The molecular weight excluding hydrogens is 557 g/mol. The minimum Gasteiger partial charge on any atom is -0.467 e. The Morgan fingerprint density at radius 1 is 0.881 bits per heavy atom. The Bertz CT molecular complexity index is 1540. The number of aryl methyl sites for hydroxylation is 1. The molecule has 0 unspecified atom stereocenters. The van der Waals surface area contributed by atoms with Crippen molar-refractivity contribution in [2.75, 3.05) is 6.54 Å². The number of amides is 2. The number of carbonyl (C=O) groups is 2. The number of furan rings is 1. The van der Waals surface area contributed by atoms with Crippen molar-refractivity contribution in [2.45, 2.75) is 50.2 Å². The molecule has 1 aromatic heterocycles. The van der Waals surface area contributed by atoms with Crippen LogP contribution in [-0.4, -0.2) is 37.7 Å². The third-order valence-electron chi connectivity index (χ3n) is 6.75. The Labute approximate surface area is 245 Å². The normalized spacial score (nSPS) is 12.0. The lowest BCUT2D eigenvalue weighted by atomic mass is 10.0. The van der Waals surface area contributed by atoms with Crippen LogP contribution in [0.1, 0.15) is 35.8 Å². The highest BCUT2D eigenvalue weighted by molar-refractivity contribution is 7.89. The minimum atomic E-state index is -3.58. The molecule has 2 N–H and O–H groups in total. The molecule has 220 valence electrons. The Hall–Kier alpha value is -4.28. The number of rotatable bonds is 14. The second-order valence-electron chi connectivity index (χ2n) is 9.80. The van der Waals surface area contributed by atoms with Gasteiger partial charge >= 0.3 is 0 Å². The average Bonchev–Trinajstić information content (AvgIpc) is 3.52. The number of halogens is 1. The number of nitrogens with one attached hydrogen (secondary N) is 2. The van der Waals surface area contributed by atoms with E-state index in [-0.39, 0.29) is 49.2 Å². The molecule has 10 heteroatoms. The maximum Gasteiger partial charge on any atom is 0.243 e. The van der Waals surface area contributed by atoms with E-state index in [2.05, 4.69) is 10.0 Å². The molecule has 0 aliphatic heterocycles. The van der Waals surface area contributed by atoms with Gasteiger partial charge in [-0.3, -0.25) is 9.59 Å². The van der Waals surface area contributed by atoms with Crippen LogP contribution in [0.4, 0.5) is 4.39 Å². The average molecular weight is 592 g/mol. The highest BCUT2D eigenvalue weighted by Gasteiger charge is 2.30. The van der Waals surface area contributed by atoms with E-state index in [9.17, 15) is 22.4 Å². The lowest BCUT2D eigenvalue weighted by Crippen LogP contribution is -2.50. The van der Waals surface area contributed by atoms with Crippen LogP contribution in [0, 0.1) is 5.82 Å². The number of hydrogen-bond donors (Lipinski definition) is 2. The molecule has 0 saturated carbocycles. The van der Waals surface area contributed by atoms with Gasteiger partial charge in [0.25, 0.3) is 0 Å². The largest absolute Gasteiger partial charge is 0.467 e. The molecular formula is C32H34FN3O5S. The van der Waals surface area contributed by atoms with Crippen LogP contribution in [-0.2, 0) is 45.5 Å². The fourth-order valence-electron chi connectivity index (χ4n) is 4.55. The molecule has 0 spiro atoms. The van der Waals surface area contributed by atoms with Crippen LogP contribution in [0.3, 0.4) is 0 Å². The zero-order chi connectivity index (χ0) is 30.0. The van der Waals surface area contributed by atoms with Crippen molar-refractivity contribution in [3.05, 3.63) is 126 Å². The van der Waals surface area contributed by atoms with E-state index in [1.54, 1.807) is 43.3 Å².